The minimum absolute atomic E-state index is 0.161. The van der Waals surface area contributed by atoms with E-state index < -0.39 is 12.1 Å². The standard InChI is InChI=1S/C11H12NO4/c1-3-12-11(14)16-10(13)8-4-6-9(15-2)7-5-8/h4-7H,1,3H2,2H3,(H,12,14). The van der Waals surface area contributed by atoms with Gasteiger partial charge in [0.15, 0.2) is 0 Å². The molecule has 1 radical (unpaired) electrons. The van der Waals surface area contributed by atoms with E-state index in [1.54, 1.807) is 12.1 Å². The van der Waals surface area contributed by atoms with E-state index >= 15 is 0 Å². The van der Waals surface area contributed by atoms with E-state index in [-0.39, 0.29) is 12.1 Å². The zero-order valence-corrected chi connectivity index (χ0v) is 8.86. The number of esters is 1. The molecule has 0 unspecified atom stereocenters. The molecule has 1 N–H and O–H groups in total. The van der Waals surface area contributed by atoms with Crippen LogP contribution in [0.1, 0.15) is 10.4 Å². The summed E-state index contributed by atoms with van der Waals surface area (Å²) in [4.78, 5) is 22.3. The summed E-state index contributed by atoms with van der Waals surface area (Å²) in [7, 11) is 1.52. The molecule has 0 fully saturated rings. The molecule has 0 aromatic heterocycles. The third-order valence-electron chi connectivity index (χ3n) is 1.78. The molecule has 0 atom stereocenters. The lowest BCUT2D eigenvalue weighted by molar-refractivity contribution is 0.0624. The van der Waals surface area contributed by atoms with Crippen molar-refractivity contribution in [2.45, 2.75) is 0 Å². The van der Waals surface area contributed by atoms with Gasteiger partial charge in [-0.05, 0) is 31.2 Å². The second kappa shape index (κ2) is 5.75. The first kappa shape index (κ1) is 12.0. The zero-order chi connectivity index (χ0) is 12.0. The quantitative estimate of drug-likeness (QED) is 0.620. The lowest BCUT2D eigenvalue weighted by Gasteiger charge is -2.04. The van der Waals surface area contributed by atoms with Crippen molar-refractivity contribution in [3.63, 3.8) is 0 Å². The van der Waals surface area contributed by atoms with E-state index in [0.29, 0.717) is 5.75 Å². The fourth-order valence-corrected chi connectivity index (χ4v) is 1.01. The number of nitrogens with one attached hydrogen (secondary N) is 1. The SMILES string of the molecule is [CH2]CNC(=O)OC(=O)c1ccc(OC)cc1. The molecule has 0 aliphatic rings. The second-order valence-corrected chi connectivity index (χ2v) is 2.83. The van der Waals surface area contributed by atoms with Crippen LogP contribution in [0.15, 0.2) is 24.3 Å². The first-order valence-corrected chi connectivity index (χ1v) is 4.60. The monoisotopic (exact) mass is 222 g/mol. The summed E-state index contributed by atoms with van der Waals surface area (Å²) in [5, 5.41) is 2.25. The Hall–Kier alpha value is -2.04. The Labute approximate surface area is 93.4 Å². The number of amides is 1. The Balaban J connectivity index is 2.62. The average Bonchev–Trinajstić information content (AvgIpc) is 2.29. The minimum Gasteiger partial charge on any atom is -0.497 e. The van der Waals surface area contributed by atoms with E-state index in [1.807, 2.05) is 0 Å². The third-order valence-corrected chi connectivity index (χ3v) is 1.78. The fourth-order valence-electron chi connectivity index (χ4n) is 1.01. The topological polar surface area (TPSA) is 64.6 Å². The van der Waals surface area contributed by atoms with Crippen molar-refractivity contribution in [2.75, 3.05) is 13.7 Å². The van der Waals surface area contributed by atoms with E-state index in [1.165, 1.54) is 19.2 Å². The average molecular weight is 222 g/mol. The molecular formula is C11H12NO4. The van der Waals surface area contributed by atoms with Crippen molar-refractivity contribution in [2.24, 2.45) is 0 Å². The molecule has 16 heavy (non-hydrogen) atoms. The lowest BCUT2D eigenvalue weighted by atomic mass is 10.2. The van der Waals surface area contributed by atoms with Gasteiger partial charge in [-0.25, -0.2) is 9.59 Å². The molecule has 0 saturated heterocycles. The van der Waals surface area contributed by atoms with Gasteiger partial charge in [-0.15, -0.1) is 0 Å². The minimum atomic E-state index is -0.809. The largest absolute Gasteiger partial charge is 0.497 e. The zero-order valence-electron chi connectivity index (χ0n) is 8.86. The highest BCUT2D eigenvalue weighted by Gasteiger charge is 2.11. The van der Waals surface area contributed by atoms with Gasteiger partial charge in [0.1, 0.15) is 5.75 Å². The first-order valence-electron chi connectivity index (χ1n) is 4.60. The molecule has 1 aromatic rings. The van der Waals surface area contributed by atoms with Gasteiger partial charge < -0.3 is 14.8 Å². The van der Waals surface area contributed by atoms with Gasteiger partial charge in [0.2, 0.25) is 0 Å². The second-order valence-electron chi connectivity index (χ2n) is 2.83. The molecule has 1 amide bonds. The number of hydrogen-bond donors (Lipinski definition) is 1. The molecule has 1 rings (SSSR count). The highest BCUT2D eigenvalue weighted by Crippen LogP contribution is 2.11. The van der Waals surface area contributed by atoms with Gasteiger partial charge in [0.05, 0.1) is 12.7 Å². The van der Waals surface area contributed by atoms with Crippen molar-refractivity contribution in [1.29, 1.82) is 0 Å². The van der Waals surface area contributed by atoms with Gasteiger partial charge in [0.25, 0.3) is 0 Å². The molecule has 85 valence electrons. The molecule has 0 aliphatic carbocycles. The van der Waals surface area contributed by atoms with Crippen LogP contribution < -0.4 is 10.1 Å². The van der Waals surface area contributed by atoms with Crippen molar-refractivity contribution >= 4 is 12.1 Å². The summed E-state index contributed by atoms with van der Waals surface area (Å²) >= 11 is 0. The number of benzene rings is 1. The van der Waals surface area contributed by atoms with Crippen molar-refractivity contribution < 1.29 is 19.1 Å². The van der Waals surface area contributed by atoms with Crippen LogP contribution in [0.2, 0.25) is 0 Å². The number of carbonyl (C=O) groups excluding carboxylic acids is 2. The van der Waals surface area contributed by atoms with E-state index in [0.717, 1.165) is 0 Å². The molecule has 1 aromatic carbocycles. The Kier molecular flexibility index (Phi) is 4.32. The van der Waals surface area contributed by atoms with Crippen molar-refractivity contribution in [3.05, 3.63) is 36.8 Å². The highest BCUT2D eigenvalue weighted by atomic mass is 16.6. The Bertz CT molecular complexity index is 372. The molecule has 0 heterocycles. The van der Waals surface area contributed by atoms with Gasteiger partial charge in [-0.1, -0.05) is 0 Å². The molecular weight excluding hydrogens is 210 g/mol. The maximum absolute atomic E-state index is 11.4. The third kappa shape index (κ3) is 3.27. The number of ether oxygens (including phenoxy) is 2. The van der Waals surface area contributed by atoms with Crippen LogP contribution in [0.5, 0.6) is 5.75 Å². The van der Waals surface area contributed by atoms with E-state index in [2.05, 4.69) is 17.0 Å². The van der Waals surface area contributed by atoms with Crippen LogP contribution in [0.4, 0.5) is 4.79 Å². The Morgan fingerprint density at radius 3 is 2.44 bits per heavy atom. The van der Waals surface area contributed by atoms with E-state index in [9.17, 15) is 9.59 Å². The van der Waals surface area contributed by atoms with E-state index in [4.69, 9.17) is 4.74 Å². The molecule has 0 spiro atoms. The molecule has 0 bridgehead atoms. The van der Waals surface area contributed by atoms with Gasteiger partial charge >= 0.3 is 12.1 Å². The van der Waals surface area contributed by atoms with Crippen LogP contribution in [0, 0.1) is 6.92 Å². The van der Waals surface area contributed by atoms with Crippen molar-refractivity contribution in [1.82, 2.24) is 5.32 Å². The first-order chi connectivity index (χ1) is 7.67. The molecule has 5 heteroatoms. The van der Waals surface area contributed by atoms with Crippen LogP contribution in [-0.2, 0) is 4.74 Å². The van der Waals surface area contributed by atoms with Gasteiger partial charge in [-0.2, -0.15) is 0 Å². The fraction of sp³-hybridized carbons (Fsp3) is 0.182. The van der Waals surface area contributed by atoms with Crippen molar-refractivity contribution in [3.8, 4) is 5.75 Å². The number of rotatable bonds is 3. The Morgan fingerprint density at radius 1 is 1.31 bits per heavy atom. The van der Waals surface area contributed by atoms with Crippen LogP contribution >= 0.6 is 0 Å². The van der Waals surface area contributed by atoms with Crippen LogP contribution in [0.25, 0.3) is 0 Å². The Morgan fingerprint density at radius 2 is 1.94 bits per heavy atom. The maximum Gasteiger partial charge on any atom is 0.415 e. The highest BCUT2D eigenvalue weighted by molar-refractivity contribution is 5.96. The normalized spacial score (nSPS) is 9.38. The number of methoxy groups -OCH3 is 1. The van der Waals surface area contributed by atoms with Crippen LogP contribution in [0.3, 0.4) is 0 Å². The summed E-state index contributed by atoms with van der Waals surface area (Å²) in [6.45, 7) is 3.55. The summed E-state index contributed by atoms with van der Waals surface area (Å²) < 4.78 is 9.41. The number of carbonyl (C=O) groups is 2. The molecule has 5 nitrogen and oxygen atoms in total. The molecule has 0 saturated carbocycles. The summed E-state index contributed by atoms with van der Waals surface area (Å²) in [6, 6.07) is 6.24. The van der Waals surface area contributed by atoms with Crippen LogP contribution in [-0.4, -0.2) is 25.7 Å². The lowest BCUT2D eigenvalue weighted by Crippen LogP contribution is -2.26. The maximum atomic E-state index is 11.4. The summed E-state index contributed by atoms with van der Waals surface area (Å²) in [5.41, 5.74) is 0.278. The van der Waals surface area contributed by atoms with Gasteiger partial charge in [0, 0.05) is 6.54 Å². The number of alkyl carbamates (subject to hydrolysis) is 1. The smallest absolute Gasteiger partial charge is 0.415 e. The summed E-state index contributed by atoms with van der Waals surface area (Å²) in [6.07, 6.45) is -0.809. The molecule has 0 aliphatic heterocycles. The predicted octanol–water partition coefficient (Wildman–Crippen LogP) is 1.40. The predicted molar refractivity (Wildman–Crippen MR) is 57.2 cm³/mol. The summed E-state index contributed by atoms with van der Waals surface area (Å²) in [5.74, 6) is -0.0904. The van der Waals surface area contributed by atoms with Gasteiger partial charge in [-0.3, -0.25) is 0 Å². The number of hydrogen-bond acceptors (Lipinski definition) is 4.